The summed E-state index contributed by atoms with van der Waals surface area (Å²) >= 11 is 1.52. The second-order valence-electron chi connectivity index (χ2n) is 7.56. The highest BCUT2D eigenvalue weighted by atomic mass is 32.1. The van der Waals surface area contributed by atoms with Gasteiger partial charge in [-0.1, -0.05) is 0 Å². The van der Waals surface area contributed by atoms with Crippen LogP contribution < -0.4 is 0 Å². The van der Waals surface area contributed by atoms with Crippen molar-refractivity contribution >= 4 is 17.2 Å². The third-order valence-electron chi connectivity index (χ3n) is 5.57. The molecule has 0 N–H and O–H groups in total. The van der Waals surface area contributed by atoms with Crippen LogP contribution >= 0.6 is 11.3 Å². The molecule has 1 saturated carbocycles. The molecule has 0 radical (unpaired) electrons. The van der Waals surface area contributed by atoms with Crippen LogP contribution in [0.5, 0.6) is 0 Å². The minimum absolute atomic E-state index is 0.113. The van der Waals surface area contributed by atoms with E-state index in [0.717, 1.165) is 53.0 Å². The molecule has 0 atom stereocenters. The molecule has 7 nitrogen and oxygen atoms in total. The molecule has 1 aliphatic heterocycles. The molecule has 1 aliphatic carbocycles. The summed E-state index contributed by atoms with van der Waals surface area (Å²) in [5.41, 5.74) is 4.21. The second kappa shape index (κ2) is 6.30. The van der Waals surface area contributed by atoms with Gasteiger partial charge in [-0.05, 0) is 42.7 Å². The molecule has 27 heavy (non-hydrogen) atoms. The Morgan fingerprint density at radius 3 is 2.96 bits per heavy atom. The van der Waals surface area contributed by atoms with Crippen LogP contribution in [0.3, 0.4) is 0 Å². The molecular weight excluding hydrogens is 360 g/mol. The number of hydrogen-bond acceptors (Lipinski definition) is 5. The minimum atomic E-state index is 0.113. The zero-order chi connectivity index (χ0) is 18.5. The van der Waals surface area contributed by atoms with Crippen LogP contribution in [0.2, 0.25) is 0 Å². The normalized spacial score (nSPS) is 16.6. The summed E-state index contributed by atoms with van der Waals surface area (Å²) in [6.45, 7) is 4.24. The van der Waals surface area contributed by atoms with Crippen molar-refractivity contribution in [3.05, 3.63) is 39.5 Å². The standard InChI is InChI=1S/C19H22N6OS/c1-12-6-8-27-17(12)19(26)24-7-5-15-14(10-24)16(22-23(15)2)18-21-20-11-25(18)9-13-3-4-13/h6,8,11,13H,3-5,7,9-10H2,1-2H3. The van der Waals surface area contributed by atoms with Crippen LogP contribution in [0.15, 0.2) is 17.8 Å². The Morgan fingerprint density at radius 2 is 2.22 bits per heavy atom. The van der Waals surface area contributed by atoms with Gasteiger partial charge in [0.25, 0.3) is 5.91 Å². The van der Waals surface area contributed by atoms with E-state index in [0.29, 0.717) is 6.54 Å². The maximum atomic E-state index is 13.0. The predicted octanol–water partition coefficient (Wildman–Crippen LogP) is 2.66. The van der Waals surface area contributed by atoms with E-state index in [4.69, 9.17) is 5.10 Å². The number of carbonyl (C=O) groups is 1. The van der Waals surface area contributed by atoms with E-state index in [1.54, 1.807) is 6.33 Å². The first-order valence-electron chi connectivity index (χ1n) is 9.38. The minimum Gasteiger partial charge on any atom is -0.333 e. The average Bonchev–Trinajstić information content (AvgIpc) is 3.04. The zero-order valence-electron chi connectivity index (χ0n) is 15.6. The molecule has 140 valence electrons. The van der Waals surface area contributed by atoms with E-state index in [-0.39, 0.29) is 5.91 Å². The predicted molar refractivity (Wildman–Crippen MR) is 102 cm³/mol. The number of carbonyl (C=O) groups excluding carboxylic acids is 1. The number of hydrogen-bond donors (Lipinski definition) is 0. The highest BCUT2D eigenvalue weighted by Gasteiger charge is 2.31. The van der Waals surface area contributed by atoms with Crippen LogP contribution in [0, 0.1) is 12.8 Å². The fraction of sp³-hybridized carbons (Fsp3) is 0.474. The molecule has 1 amide bonds. The van der Waals surface area contributed by atoms with Crippen molar-refractivity contribution in [2.75, 3.05) is 6.54 Å². The Morgan fingerprint density at radius 1 is 1.37 bits per heavy atom. The SMILES string of the molecule is Cc1ccsc1C(=O)N1CCc2c(c(-c3nncn3CC3CC3)nn2C)C1. The van der Waals surface area contributed by atoms with E-state index in [9.17, 15) is 4.79 Å². The Kier molecular flexibility index (Phi) is 3.89. The van der Waals surface area contributed by atoms with Crippen molar-refractivity contribution in [2.45, 2.75) is 39.3 Å². The van der Waals surface area contributed by atoms with Gasteiger partial charge in [0.1, 0.15) is 12.0 Å². The topological polar surface area (TPSA) is 68.8 Å². The van der Waals surface area contributed by atoms with Crippen LogP contribution in [0.4, 0.5) is 0 Å². The molecule has 3 aromatic heterocycles. The van der Waals surface area contributed by atoms with Gasteiger partial charge in [0, 0.05) is 37.8 Å². The molecule has 1 fully saturated rings. The summed E-state index contributed by atoms with van der Waals surface area (Å²) in [4.78, 5) is 15.8. The zero-order valence-corrected chi connectivity index (χ0v) is 16.4. The van der Waals surface area contributed by atoms with Gasteiger partial charge in [0.15, 0.2) is 5.82 Å². The largest absolute Gasteiger partial charge is 0.333 e. The molecule has 0 aromatic carbocycles. The lowest BCUT2D eigenvalue weighted by Crippen LogP contribution is -2.36. The maximum absolute atomic E-state index is 13.0. The number of rotatable bonds is 4. The molecule has 0 bridgehead atoms. The molecule has 2 aliphatic rings. The van der Waals surface area contributed by atoms with Gasteiger partial charge in [0.05, 0.1) is 11.4 Å². The second-order valence-corrected chi connectivity index (χ2v) is 8.47. The number of fused-ring (bicyclic) bond motifs is 1. The molecule has 5 rings (SSSR count). The Hall–Kier alpha value is -2.48. The van der Waals surface area contributed by atoms with Crippen LogP contribution in [0.25, 0.3) is 11.5 Å². The first kappa shape index (κ1) is 16.7. The smallest absolute Gasteiger partial charge is 0.264 e. The lowest BCUT2D eigenvalue weighted by molar-refractivity contribution is 0.0738. The van der Waals surface area contributed by atoms with Crippen molar-refractivity contribution in [2.24, 2.45) is 13.0 Å². The van der Waals surface area contributed by atoms with Crippen LogP contribution in [0.1, 0.15) is 39.3 Å². The summed E-state index contributed by atoms with van der Waals surface area (Å²) in [5.74, 6) is 1.67. The van der Waals surface area contributed by atoms with Crippen molar-refractivity contribution in [3.63, 3.8) is 0 Å². The highest BCUT2D eigenvalue weighted by molar-refractivity contribution is 7.12. The summed E-state index contributed by atoms with van der Waals surface area (Å²) in [7, 11) is 1.98. The van der Waals surface area contributed by atoms with Gasteiger partial charge in [-0.3, -0.25) is 9.48 Å². The lowest BCUT2D eigenvalue weighted by Gasteiger charge is -2.27. The fourth-order valence-electron chi connectivity index (χ4n) is 3.83. The number of thiophene rings is 1. The van der Waals surface area contributed by atoms with Gasteiger partial charge in [-0.15, -0.1) is 21.5 Å². The van der Waals surface area contributed by atoms with E-state index in [2.05, 4.69) is 14.8 Å². The Labute approximate surface area is 161 Å². The summed E-state index contributed by atoms with van der Waals surface area (Å²) in [5, 5.41) is 15.2. The number of nitrogens with zero attached hydrogens (tertiary/aromatic N) is 6. The van der Waals surface area contributed by atoms with Crippen LogP contribution in [-0.4, -0.2) is 41.9 Å². The summed E-state index contributed by atoms with van der Waals surface area (Å²) in [6, 6.07) is 2.00. The van der Waals surface area contributed by atoms with E-state index < -0.39 is 0 Å². The Balaban J connectivity index is 1.48. The summed E-state index contributed by atoms with van der Waals surface area (Å²) < 4.78 is 4.06. The molecule has 0 spiro atoms. The summed E-state index contributed by atoms with van der Waals surface area (Å²) in [6.07, 6.45) is 5.17. The van der Waals surface area contributed by atoms with Crippen LogP contribution in [-0.2, 0) is 26.6 Å². The average molecular weight is 382 g/mol. The third kappa shape index (κ3) is 2.88. The van der Waals surface area contributed by atoms with Gasteiger partial charge in [-0.2, -0.15) is 5.10 Å². The first-order valence-corrected chi connectivity index (χ1v) is 10.3. The van der Waals surface area contributed by atoms with Crippen molar-refractivity contribution in [3.8, 4) is 11.5 Å². The highest BCUT2D eigenvalue weighted by Crippen LogP contribution is 2.34. The molecule has 4 heterocycles. The van der Waals surface area contributed by atoms with Gasteiger partial charge < -0.3 is 9.47 Å². The number of aryl methyl sites for hydroxylation is 2. The molecule has 0 saturated heterocycles. The Bertz CT molecular complexity index is 1010. The van der Waals surface area contributed by atoms with Gasteiger partial charge in [0.2, 0.25) is 0 Å². The van der Waals surface area contributed by atoms with Crippen molar-refractivity contribution in [1.29, 1.82) is 0 Å². The van der Waals surface area contributed by atoms with E-state index >= 15 is 0 Å². The van der Waals surface area contributed by atoms with Gasteiger partial charge in [-0.25, -0.2) is 0 Å². The lowest BCUT2D eigenvalue weighted by atomic mass is 10.0. The van der Waals surface area contributed by atoms with Gasteiger partial charge >= 0.3 is 0 Å². The van der Waals surface area contributed by atoms with E-state index in [1.807, 2.05) is 35.0 Å². The monoisotopic (exact) mass is 382 g/mol. The fourth-order valence-corrected chi connectivity index (χ4v) is 4.72. The number of aromatic nitrogens is 5. The van der Waals surface area contributed by atoms with Crippen molar-refractivity contribution < 1.29 is 4.79 Å². The molecule has 0 unspecified atom stereocenters. The molecule has 3 aromatic rings. The maximum Gasteiger partial charge on any atom is 0.264 e. The molecular formula is C19H22N6OS. The number of amides is 1. The first-order chi connectivity index (χ1) is 13.1. The molecule has 8 heteroatoms. The van der Waals surface area contributed by atoms with Crippen molar-refractivity contribution in [1.82, 2.24) is 29.4 Å². The third-order valence-corrected chi connectivity index (χ3v) is 6.57. The quantitative estimate of drug-likeness (QED) is 0.696. The van der Waals surface area contributed by atoms with E-state index in [1.165, 1.54) is 29.9 Å².